The van der Waals surface area contributed by atoms with E-state index in [9.17, 15) is 9.90 Å². The smallest absolute Gasteiger partial charge is 0.255 e. The average Bonchev–Trinajstić information content (AvgIpc) is 2.75. The highest BCUT2D eigenvalue weighted by molar-refractivity contribution is 6.21. The van der Waals surface area contributed by atoms with Crippen molar-refractivity contribution in [2.75, 3.05) is 0 Å². The van der Waals surface area contributed by atoms with Gasteiger partial charge in [-0.2, -0.15) is 0 Å². The highest BCUT2D eigenvalue weighted by Crippen LogP contribution is 2.35. The zero-order chi connectivity index (χ0) is 15.0. The van der Waals surface area contributed by atoms with Crippen LogP contribution in [0, 0.1) is 6.92 Å². The molecule has 0 heterocycles. The van der Waals surface area contributed by atoms with Crippen molar-refractivity contribution in [1.29, 1.82) is 0 Å². The van der Waals surface area contributed by atoms with Crippen LogP contribution in [-0.2, 0) is 6.42 Å². The Hall–Kier alpha value is -2.00. The van der Waals surface area contributed by atoms with Crippen LogP contribution in [0.1, 0.15) is 33.1 Å². The standard InChI is InChI=1S/C17H16ClNO2/c1-10-6-7-13(15(20)8-10)17(21)19-16-12-5-3-2-4-11(12)9-14(16)18/h2-8,14,16,20H,9H2,1H3,(H,19,21). The van der Waals surface area contributed by atoms with E-state index >= 15 is 0 Å². The van der Waals surface area contributed by atoms with Crippen molar-refractivity contribution in [3.8, 4) is 5.75 Å². The number of carbonyl (C=O) groups is 1. The van der Waals surface area contributed by atoms with Crippen molar-refractivity contribution in [2.45, 2.75) is 24.8 Å². The molecule has 3 rings (SSSR count). The number of aromatic hydroxyl groups is 1. The first-order valence-electron chi connectivity index (χ1n) is 6.88. The Kier molecular flexibility index (Phi) is 3.60. The number of halogens is 1. The lowest BCUT2D eigenvalue weighted by atomic mass is 10.1. The molecule has 0 saturated carbocycles. The number of alkyl halides is 1. The predicted octanol–water partition coefficient (Wildman–Crippen LogP) is 3.34. The molecule has 1 aliphatic rings. The molecule has 2 N–H and O–H groups in total. The van der Waals surface area contributed by atoms with E-state index in [1.165, 1.54) is 0 Å². The molecule has 2 aromatic rings. The van der Waals surface area contributed by atoms with Gasteiger partial charge in [0.15, 0.2) is 0 Å². The molecule has 0 aromatic heterocycles. The van der Waals surface area contributed by atoms with Crippen molar-refractivity contribution in [1.82, 2.24) is 5.32 Å². The Morgan fingerprint density at radius 3 is 2.81 bits per heavy atom. The van der Waals surface area contributed by atoms with Crippen molar-refractivity contribution in [2.24, 2.45) is 0 Å². The maximum Gasteiger partial charge on any atom is 0.255 e. The molecule has 0 bridgehead atoms. The van der Waals surface area contributed by atoms with Crippen molar-refractivity contribution >= 4 is 17.5 Å². The van der Waals surface area contributed by atoms with E-state index in [1.807, 2.05) is 31.2 Å². The van der Waals surface area contributed by atoms with E-state index in [0.29, 0.717) is 0 Å². The number of fused-ring (bicyclic) bond motifs is 1. The van der Waals surface area contributed by atoms with Crippen LogP contribution in [0.5, 0.6) is 5.75 Å². The molecular weight excluding hydrogens is 286 g/mol. The Labute approximate surface area is 128 Å². The average molecular weight is 302 g/mol. The molecule has 2 aromatic carbocycles. The monoisotopic (exact) mass is 301 g/mol. The fraction of sp³-hybridized carbons (Fsp3) is 0.235. The molecule has 2 atom stereocenters. The van der Waals surface area contributed by atoms with Gasteiger partial charge in [0.25, 0.3) is 5.91 Å². The van der Waals surface area contributed by atoms with Crippen LogP contribution >= 0.6 is 11.6 Å². The molecule has 0 saturated heterocycles. The van der Waals surface area contributed by atoms with Gasteiger partial charge in [0.05, 0.1) is 17.0 Å². The van der Waals surface area contributed by atoms with Crippen LogP contribution in [0.15, 0.2) is 42.5 Å². The molecule has 2 unspecified atom stereocenters. The highest BCUT2D eigenvalue weighted by Gasteiger charge is 2.32. The third kappa shape index (κ3) is 2.61. The number of amides is 1. The second kappa shape index (κ2) is 5.41. The highest BCUT2D eigenvalue weighted by atomic mass is 35.5. The molecule has 0 radical (unpaired) electrons. The van der Waals surface area contributed by atoms with Gasteiger partial charge in [-0.3, -0.25) is 4.79 Å². The SMILES string of the molecule is Cc1ccc(C(=O)NC2c3ccccc3CC2Cl)c(O)c1. The lowest BCUT2D eigenvalue weighted by Crippen LogP contribution is -2.31. The zero-order valence-corrected chi connectivity index (χ0v) is 12.4. The minimum absolute atomic E-state index is 0.00935. The summed E-state index contributed by atoms with van der Waals surface area (Å²) in [5.41, 5.74) is 3.40. The summed E-state index contributed by atoms with van der Waals surface area (Å²) in [4.78, 5) is 12.4. The Balaban J connectivity index is 1.85. The van der Waals surface area contributed by atoms with E-state index in [-0.39, 0.29) is 28.6 Å². The van der Waals surface area contributed by atoms with Crippen LogP contribution in [-0.4, -0.2) is 16.4 Å². The fourth-order valence-corrected chi connectivity index (χ4v) is 3.13. The van der Waals surface area contributed by atoms with Crippen molar-refractivity contribution in [3.63, 3.8) is 0 Å². The van der Waals surface area contributed by atoms with Gasteiger partial charge in [-0.25, -0.2) is 0 Å². The first-order chi connectivity index (χ1) is 10.1. The summed E-state index contributed by atoms with van der Waals surface area (Å²) in [5, 5.41) is 12.7. The number of aryl methyl sites for hydroxylation is 1. The Morgan fingerprint density at radius 1 is 1.29 bits per heavy atom. The quantitative estimate of drug-likeness (QED) is 0.836. The van der Waals surface area contributed by atoms with Gasteiger partial charge in [0.1, 0.15) is 5.75 Å². The number of carbonyl (C=O) groups excluding carboxylic acids is 1. The van der Waals surface area contributed by atoms with E-state index in [0.717, 1.165) is 23.1 Å². The lowest BCUT2D eigenvalue weighted by Gasteiger charge is -2.18. The van der Waals surface area contributed by atoms with Crippen LogP contribution in [0.3, 0.4) is 0 Å². The summed E-state index contributed by atoms with van der Waals surface area (Å²) in [6, 6.07) is 12.7. The second-order valence-corrected chi connectivity index (χ2v) is 5.95. The van der Waals surface area contributed by atoms with Crippen LogP contribution in [0.2, 0.25) is 0 Å². The van der Waals surface area contributed by atoms with Gasteiger partial charge >= 0.3 is 0 Å². The van der Waals surface area contributed by atoms with E-state index in [4.69, 9.17) is 11.6 Å². The Morgan fingerprint density at radius 2 is 2.05 bits per heavy atom. The third-order valence-corrected chi connectivity index (χ3v) is 4.26. The third-order valence-electron chi connectivity index (χ3n) is 3.85. The number of nitrogens with one attached hydrogen (secondary N) is 1. The molecule has 3 nitrogen and oxygen atoms in total. The molecule has 21 heavy (non-hydrogen) atoms. The van der Waals surface area contributed by atoms with Crippen LogP contribution in [0.25, 0.3) is 0 Å². The topological polar surface area (TPSA) is 49.3 Å². The number of hydrogen-bond donors (Lipinski definition) is 2. The number of rotatable bonds is 2. The minimum atomic E-state index is -0.306. The van der Waals surface area contributed by atoms with Crippen LogP contribution < -0.4 is 5.32 Å². The van der Waals surface area contributed by atoms with Gasteiger partial charge in [-0.1, -0.05) is 30.3 Å². The minimum Gasteiger partial charge on any atom is -0.507 e. The van der Waals surface area contributed by atoms with E-state index < -0.39 is 0 Å². The van der Waals surface area contributed by atoms with Gasteiger partial charge in [0.2, 0.25) is 0 Å². The number of benzene rings is 2. The number of phenolic OH excluding ortho intramolecular Hbond substituents is 1. The predicted molar refractivity (Wildman–Crippen MR) is 82.8 cm³/mol. The summed E-state index contributed by atoms with van der Waals surface area (Å²) >= 11 is 6.36. The van der Waals surface area contributed by atoms with Crippen molar-refractivity contribution < 1.29 is 9.90 Å². The summed E-state index contributed by atoms with van der Waals surface area (Å²) in [5.74, 6) is -0.315. The molecule has 0 spiro atoms. The lowest BCUT2D eigenvalue weighted by molar-refractivity contribution is 0.0934. The van der Waals surface area contributed by atoms with Gasteiger partial charge < -0.3 is 10.4 Å². The molecule has 4 heteroatoms. The van der Waals surface area contributed by atoms with Gasteiger partial charge in [-0.05, 0) is 42.2 Å². The largest absolute Gasteiger partial charge is 0.507 e. The Bertz CT molecular complexity index is 699. The fourth-order valence-electron chi connectivity index (χ4n) is 2.77. The van der Waals surface area contributed by atoms with Gasteiger partial charge in [0, 0.05) is 0 Å². The molecular formula is C17H16ClNO2. The molecule has 108 valence electrons. The molecule has 0 aliphatic heterocycles. The van der Waals surface area contributed by atoms with E-state index in [1.54, 1.807) is 18.2 Å². The number of hydrogen-bond acceptors (Lipinski definition) is 2. The summed E-state index contributed by atoms with van der Waals surface area (Å²) in [7, 11) is 0. The molecule has 1 amide bonds. The summed E-state index contributed by atoms with van der Waals surface area (Å²) < 4.78 is 0. The van der Waals surface area contributed by atoms with E-state index in [2.05, 4.69) is 5.32 Å². The van der Waals surface area contributed by atoms with Crippen LogP contribution in [0.4, 0.5) is 0 Å². The molecule has 1 aliphatic carbocycles. The zero-order valence-electron chi connectivity index (χ0n) is 11.6. The first-order valence-corrected chi connectivity index (χ1v) is 7.32. The number of phenols is 1. The summed E-state index contributed by atoms with van der Waals surface area (Å²) in [6.07, 6.45) is 0.739. The normalized spacial score (nSPS) is 20.1. The van der Waals surface area contributed by atoms with Crippen molar-refractivity contribution in [3.05, 3.63) is 64.7 Å². The maximum absolute atomic E-state index is 12.4. The first kappa shape index (κ1) is 14.0. The second-order valence-electron chi connectivity index (χ2n) is 5.39. The summed E-state index contributed by atoms with van der Waals surface area (Å²) in [6.45, 7) is 1.86. The van der Waals surface area contributed by atoms with Gasteiger partial charge in [-0.15, -0.1) is 11.6 Å². The molecule has 0 fully saturated rings. The maximum atomic E-state index is 12.4.